The van der Waals surface area contributed by atoms with Crippen LogP contribution < -0.4 is 5.32 Å². The second kappa shape index (κ2) is 6.15. The van der Waals surface area contributed by atoms with Gasteiger partial charge >= 0.3 is 5.97 Å². The number of hydrogen-bond donors (Lipinski definition) is 2. The predicted octanol–water partition coefficient (Wildman–Crippen LogP) is 3.57. The molecule has 0 aliphatic rings. The van der Waals surface area contributed by atoms with Crippen molar-refractivity contribution >= 4 is 49.4 Å². The van der Waals surface area contributed by atoms with E-state index in [2.05, 4.69) is 37.2 Å². The highest BCUT2D eigenvalue weighted by Crippen LogP contribution is 2.26. The fraction of sp³-hybridized carbons (Fsp3) is 0.167. The molecule has 96 valence electrons. The molecule has 0 saturated carbocycles. The molecule has 1 aromatic rings. The van der Waals surface area contributed by atoms with Crippen molar-refractivity contribution in [3.63, 3.8) is 0 Å². The molecule has 18 heavy (non-hydrogen) atoms. The number of anilines is 1. The molecule has 0 radical (unpaired) electrons. The first-order valence-corrected chi connectivity index (χ1v) is 6.58. The topological polar surface area (TPSA) is 66.4 Å². The zero-order valence-electron chi connectivity index (χ0n) is 9.75. The average Bonchev–Trinajstić information content (AvgIpc) is 2.31. The fourth-order valence-corrected chi connectivity index (χ4v) is 1.85. The summed E-state index contributed by atoms with van der Waals surface area (Å²) in [7, 11) is 0. The van der Waals surface area contributed by atoms with Crippen LogP contribution in [0, 0.1) is 0 Å². The van der Waals surface area contributed by atoms with Gasteiger partial charge in [-0.15, -0.1) is 0 Å². The zero-order chi connectivity index (χ0) is 13.9. The maximum absolute atomic E-state index is 11.9. The Labute approximate surface area is 121 Å². The van der Waals surface area contributed by atoms with E-state index in [-0.39, 0.29) is 11.1 Å². The van der Waals surface area contributed by atoms with Crippen LogP contribution in [0.3, 0.4) is 0 Å². The van der Waals surface area contributed by atoms with Crippen molar-refractivity contribution in [1.29, 1.82) is 0 Å². The summed E-state index contributed by atoms with van der Waals surface area (Å²) in [6, 6.07) is 5.33. The van der Waals surface area contributed by atoms with Gasteiger partial charge in [0.2, 0.25) is 0 Å². The van der Waals surface area contributed by atoms with Gasteiger partial charge in [0.1, 0.15) is 0 Å². The Morgan fingerprint density at radius 1 is 1.17 bits per heavy atom. The van der Waals surface area contributed by atoms with Gasteiger partial charge in [-0.3, -0.25) is 4.79 Å². The monoisotopic (exact) mass is 375 g/mol. The average molecular weight is 377 g/mol. The lowest BCUT2D eigenvalue weighted by atomic mass is 10.1. The molecule has 4 nitrogen and oxygen atoms in total. The first-order chi connectivity index (χ1) is 8.32. The third-order valence-corrected chi connectivity index (χ3v) is 3.59. The summed E-state index contributed by atoms with van der Waals surface area (Å²) in [5.74, 6) is -1.54. The first kappa shape index (κ1) is 14.9. The van der Waals surface area contributed by atoms with Gasteiger partial charge in [0.15, 0.2) is 0 Å². The molecule has 0 unspecified atom stereocenters. The third-order valence-electron chi connectivity index (χ3n) is 2.40. The summed E-state index contributed by atoms with van der Waals surface area (Å²) in [4.78, 5) is 22.6. The summed E-state index contributed by atoms with van der Waals surface area (Å²) in [5.41, 5.74) is 0.778. The van der Waals surface area contributed by atoms with Crippen LogP contribution in [0.25, 0.3) is 0 Å². The van der Waals surface area contributed by atoms with Gasteiger partial charge in [0.05, 0.1) is 5.69 Å². The predicted molar refractivity (Wildman–Crippen MR) is 76.5 cm³/mol. The molecule has 0 saturated heterocycles. The third kappa shape index (κ3) is 3.68. The van der Waals surface area contributed by atoms with E-state index in [1.165, 1.54) is 13.8 Å². The molecule has 0 heterocycles. The van der Waals surface area contributed by atoms with Gasteiger partial charge in [-0.25, -0.2) is 4.79 Å². The summed E-state index contributed by atoms with van der Waals surface area (Å²) >= 11 is 6.60. The molecule has 0 atom stereocenters. The number of nitrogens with one attached hydrogen (secondary N) is 1. The number of hydrogen-bond acceptors (Lipinski definition) is 2. The second-order valence-electron chi connectivity index (χ2n) is 3.63. The minimum Gasteiger partial charge on any atom is -0.478 e. The molecule has 2 N–H and O–H groups in total. The molecular weight excluding hydrogens is 366 g/mol. The normalized spacial score (nSPS) is 11.8. The summed E-state index contributed by atoms with van der Waals surface area (Å²) in [6.45, 7) is 2.87. The Balaban J connectivity index is 2.98. The molecule has 6 heteroatoms. The van der Waals surface area contributed by atoms with E-state index in [9.17, 15) is 9.59 Å². The number of halogens is 2. The molecule has 0 bridgehead atoms. The van der Waals surface area contributed by atoms with Gasteiger partial charge in [-0.05, 0) is 48.0 Å². The van der Waals surface area contributed by atoms with Gasteiger partial charge in [-0.1, -0.05) is 15.9 Å². The van der Waals surface area contributed by atoms with Crippen molar-refractivity contribution in [2.45, 2.75) is 13.8 Å². The van der Waals surface area contributed by atoms with Crippen LogP contribution in [0.2, 0.25) is 0 Å². The number of aliphatic carboxylic acids is 1. The lowest BCUT2D eigenvalue weighted by Gasteiger charge is -2.09. The van der Waals surface area contributed by atoms with E-state index in [0.29, 0.717) is 5.69 Å². The molecule has 0 spiro atoms. The van der Waals surface area contributed by atoms with Gasteiger partial charge < -0.3 is 10.4 Å². The lowest BCUT2D eigenvalue weighted by molar-refractivity contribution is -0.133. The van der Waals surface area contributed by atoms with Crippen LogP contribution in [0.1, 0.15) is 13.8 Å². The van der Waals surface area contributed by atoms with Crippen molar-refractivity contribution in [2.75, 3.05) is 5.32 Å². The summed E-state index contributed by atoms with van der Waals surface area (Å²) < 4.78 is 1.54. The molecule has 0 aliphatic heterocycles. The Bertz CT molecular complexity index is 538. The minimum absolute atomic E-state index is 0.0265. The first-order valence-electron chi connectivity index (χ1n) is 5.00. The molecule has 1 amide bonds. The Morgan fingerprint density at radius 2 is 1.78 bits per heavy atom. The Kier molecular flexibility index (Phi) is 5.10. The molecule has 0 aliphatic carbocycles. The summed E-state index contributed by atoms with van der Waals surface area (Å²) in [6.07, 6.45) is 0. The van der Waals surface area contributed by atoms with E-state index in [0.717, 1.165) is 8.95 Å². The van der Waals surface area contributed by atoms with Crippen LogP contribution in [-0.2, 0) is 9.59 Å². The number of carboxylic acids is 1. The lowest BCUT2D eigenvalue weighted by Crippen LogP contribution is -2.16. The van der Waals surface area contributed by atoms with E-state index >= 15 is 0 Å². The highest BCUT2D eigenvalue weighted by atomic mass is 79.9. The second-order valence-corrected chi connectivity index (χ2v) is 5.40. The number of carbonyl (C=O) groups excluding carboxylic acids is 1. The minimum atomic E-state index is -1.10. The number of amides is 1. The van der Waals surface area contributed by atoms with E-state index < -0.39 is 11.9 Å². The van der Waals surface area contributed by atoms with Gasteiger partial charge in [0.25, 0.3) is 5.91 Å². The smallest absolute Gasteiger partial charge is 0.331 e. The van der Waals surface area contributed by atoms with Gasteiger partial charge in [-0.2, -0.15) is 0 Å². The van der Waals surface area contributed by atoms with E-state index in [1.54, 1.807) is 12.1 Å². The van der Waals surface area contributed by atoms with Crippen LogP contribution in [-0.4, -0.2) is 17.0 Å². The van der Waals surface area contributed by atoms with Crippen molar-refractivity contribution in [2.24, 2.45) is 0 Å². The number of benzene rings is 1. The quantitative estimate of drug-likeness (QED) is 0.792. The van der Waals surface area contributed by atoms with Crippen molar-refractivity contribution in [3.05, 3.63) is 38.3 Å². The Hall–Kier alpha value is -1.14. The number of carboxylic acid groups (broad SMARTS) is 1. The Morgan fingerprint density at radius 3 is 2.33 bits per heavy atom. The molecular formula is C12H11Br2NO3. The standard InChI is InChI=1S/C12H11Br2NO3/c1-6(7(2)12(17)18)11(16)15-10-5-8(13)3-4-9(10)14/h3-5H,1-2H3,(H,15,16)(H,17,18). The van der Waals surface area contributed by atoms with E-state index in [4.69, 9.17) is 5.11 Å². The van der Waals surface area contributed by atoms with Crippen molar-refractivity contribution in [3.8, 4) is 0 Å². The van der Waals surface area contributed by atoms with Crippen LogP contribution in [0.4, 0.5) is 5.69 Å². The SMILES string of the molecule is CC(C(=O)O)=C(C)C(=O)Nc1cc(Br)ccc1Br. The van der Waals surface area contributed by atoms with E-state index in [1.807, 2.05) is 6.07 Å². The largest absolute Gasteiger partial charge is 0.478 e. The highest BCUT2D eigenvalue weighted by molar-refractivity contribution is 9.11. The fourth-order valence-electron chi connectivity index (χ4n) is 1.14. The summed E-state index contributed by atoms with van der Waals surface area (Å²) in [5, 5.41) is 11.5. The molecule has 1 rings (SSSR count). The zero-order valence-corrected chi connectivity index (χ0v) is 12.9. The van der Waals surface area contributed by atoms with Crippen LogP contribution >= 0.6 is 31.9 Å². The number of rotatable bonds is 3. The molecule has 0 aromatic heterocycles. The maximum atomic E-state index is 11.9. The van der Waals surface area contributed by atoms with Crippen LogP contribution in [0.15, 0.2) is 38.3 Å². The van der Waals surface area contributed by atoms with Crippen molar-refractivity contribution in [1.82, 2.24) is 0 Å². The highest BCUT2D eigenvalue weighted by Gasteiger charge is 2.13. The molecule has 0 fully saturated rings. The maximum Gasteiger partial charge on any atom is 0.331 e. The van der Waals surface area contributed by atoms with Crippen molar-refractivity contribution < 1.29 is 14.7 Å². The molecule has 1 aromatic carbocycles. The van der Waals surface area contributed by atoms with Crippen LogP contribution in [0.5, 0.6) is 0 Å². The number of carbonyl (C=O) groups is 2. The van der Waals surface area contributed by atoms with Gasteiger partial charge in [0, 0.05) is 20.1 Å².